The van der Waals surface area contributed by atoms with Gasteiger partial charge < -0.3 is 4.74 Å². The second kappa shape index (κ2) is 3.60. The molecular weight excluding hydrogens is 146 g/mol. The molecule has 0 saturated carbocycles. The minimum atomic E-state index is 0.136. The Morgan fingerprint density at radius 3 is 3.18 bits per heavy atom. The summed E-state index contributed by atoms with van der Waals surface area (Å²) in [6.45, 7) is 2.26. The number of rotatable bonds is 3. The molecular formula is C6H7N3O2. The highest BCUT2D eigenvalue weighted by Crippen LogP contribution is 1.97. The number of carbonyl (C=O) groups is 1. The SMILES string of the molecule is CCOc1nncc(C=O)n1. The molecule has 5 nitrogen and oxygen atoms in total. The Kier molecular flexibility index (Phi) is 2.48. The molecule has 0 aliphatic heterocycles. The van der Waals surface area contributed by atoms with Gasteiger partial charge in [0.1, 0.15) is 5.69 Å². The Morgan fingerprint density at radius 1 is 1.73 bits per heavy atom. The third-order valence-corrected chi connectivity index (χ3v) is 0.952. The average Bonchev–Trinajstić information content (AvgIpc) is 2.06. The van der Waals surface area contributed by atoms with Crippen molar-refractivity contribution in [2.24, 2.45) is 0 Å². The lowest BCUT2D eigenvalue weighted by atomic mass is 10.5. The summed E-state index contributed by atoms with van der Waals surface area (Å²) in [6, 6.07) is 0.136. The first-order valence-corrected chi connectivity index (χ1v) is 3.14. The summed E-state index contributed by atoms with van der Waals surface area (Å²) in [5, 5.41) is 7.04. The number of nitrogens with zero attached hydrogens (tertiary/aromatic N) is 3. The lowest BCUT2D eigenvalue weighted by Gasteiger charge is -1.97. The fourth-order valence-electron chi connectivity index (χ4n) is 0.546. The maximum Gasteiger partial charge on any atom is 0.336 e. The van der Waals surface area contributed by atoms with Crippen molar-refractivity contribution in [2.75, 3.05) is 6.61 Å². The van der Waals surface area contributed by atoms with E-state index in [2.05, 4.69) is 15.2 Å². The van der Waals surface area contributed by atoms with E-state index in [9.17, 15) is 4.79 Å². The fourth-order valence-corrected chi connectivity index (χ4v) is 0.546. The maximum atomic E-state index is 10.2. The van der Waals surface area contributed by atoms with Crippen LogP contribution in [0.25, 0.3) is 0 Å². The van der Waals surface area contributed by atoms with Crippen LogP contribution in [0.4, 0.5) is 0 Å². The molecule has 0 spiro atoms. The molecule has 0 fully saturated rings. The van der Waals surface area contributed by atoms with Crippen molar-refractivity contribution in [1.82, 2.24) is 15.2 Å². The van der Waals surface area contributed by atoms with E-state index in [4.69, 9.17) is 4.74 Å². The van der Waals surface area contributed by atoms with Crippen LogP contribution in [0.3, 0.4) is 0 Å². The van der Waals surface area contributed by atoms with Gasteiger partial charge in [-0.2, -0.15) is 10.1 Å². The third-order valence-electron chi connectivity index (χ3n) is 0.952. The molecule has 0 unspecified atom stereocenters. The summed E-state index contributed by atoms with van der Waals surface area (Å²) in [5.41, 5.74) is 0.225. The maximum absolute atomic E-state index is 10.2. The van der Waals surface area contributed by atoms with Crippen LogP contribution in [0.15, 0.2) is 6.20 Å². The molecule has 58 valence electrons. The highest BCUT2D eigenvalue weighted by molar-refractivity contribution is 5.70. The highest BCUT2D eigenvalue weighted by Gasteiger charge is 1.97. The van der Waals surface area contributed by atoms with Gasteiger partial charge in [-0.05, 0) is 6.92 Å². The van der Waals surface area contributed by atoms with Gasteiger partial charge >= 0.3 is 6.01 Å². The van der Waals surface area contributed by atoms with E-state index >= 15 is 0 Å². The van der Waals surface area contributed by atoms with E-state index in [0.29, 0.717) is 12.9 Å². The zero-order chi connectivity index (χ0) is 8.10. The molecule has 0 saturated heterocycles. The van der Waals surface area contributed by atoms with Crippen molar-refractivity contribution < 1.29 is 9.53 Å². The van der Waals surface area contributed by atoms with Crippen molar-refractivity contribution in [2.45, 2.75) is 6.92 Å². The van der Waals surface area contributed by atoms with Gasteiger partial charge in [0.25, 0.3) is 0 Å². The smallest absolute Gasteiger partial charge is 0.336 e. The number of carbonyl (C=O) groups excluding carboxylic acids is 1. The molecule has 1 aromatic rings. The summed E-state index contributed by atoms with van der Waals surface area (Å²) < 4.78 is 4.90. The molecule has 0 aliphatic carbocycles. The van der Waals surface area contributed by atoms with E-state index in [1.807, 2.05) is 0 Å². The summed E-state index contributed by atoms with van der Waals surface area (Å²) in [6.07, 6.45) is 1.87. The van der Waals surface area contributed by atoms with Crippen LogP contribution in [-0.4, -0.2) is 28.1 Å². The molecule has 0 bridgehead atoms. The Hall–Kier alpha value is -1.52. The molecule has 1 heterocycles. The van der Waals surface area contributed by atoms with Crippen LogP contribution in [0, 0.1) is 0 Å². The Morgan fingerprint density at radius 2 is 2.55 bits per heavy atom. The van der Waals surface area contributed by atoms with Gasteiger partial charge in [-0.3, -0.25) is 4.79 Å². The van der Waals surface area contributed by atoms with Crippen LogP contribution in [0.5, 0.6) is 6.01 Å². The van der Waals surface area contributed by atoms with Gasteiger partial charge in [0.2, 0.25) is 0 Å². The van der Waals surface area contributed by atoms with Gasteiger partial charge in [-0.25, -0.2) is 0 Å². The molecule has 0 aromatic carbocycles. The Balaban J connectivity index is 2.82. The largest absolute Gasteiger partial charge is 0.463 e. The summed E-state index contributed by atoms with van der Waals surface area (Å²) in [4.78, 5) is 13.9. The number of hydrogen-bond donors (Lipinski definition) is 0. The van der Waals surface area contributed by atoms with Gasteiger partial charge in [-0.15, -0.1) is 0 Å². The third kappa shape index (κ3) is 1.96. The van der Waals surface area contributed by atoms with Crippen LogP contribution < -0.4 is 4.74 Å². The molecule has 0 amide bonds. The zero-order valence-electron chi connectivity index (χ0n) is 6.02. The minimum Gasteiger partial charge on any atom is -0.463 e. The quantitative estimate of drug-likeness (QED) is 0.575. The monoisotopic (exact) mass is 153 g/mol. The lowest BCUT2D eigenvalue weighted by molar-refractivity contribution is 0.111. The van der Waals surface area contributed by atoms with Crippen LogP contribution in [-0.2, 0) is 0 Å². The predicted octanol–water partition coefficient (Wildman–Crippen LogP) is 0.0828. The van der Waals surface area contributed by atoms with Crippen molar-refractivity contribution in [1.29, 1.82) is 0 Å². The number of hydrogen-bond acceptors (Lipinski definition) is 5. The average molecular weight is 153 g/mol. The number of aldehydes is 1. The lowest BCUT2D eigenvalue weighted by Crippen LogP contribution is -2.00. The van der Waals surface area contributed by atoms with Gasteiger partial charge in [0.05, 0.1) is 12.8 Å². The van der Waals surface area contributed by atoms with E-state index in [-0.39, 0.29) is 11.7 Å². The molecule has 1 rings (SSSR count). The molecule has 0 N–H and O–H groups in total. The van der Waals surface area contributed by atoms with Crippen molar-refractivity contribution in [3.63, 3.8) is 0 Å². The van der Waals surface area contributed by atoms with Crippen molar-refractivity contribution in [3.8, 4) is 6.01 Å². The van der Waals surface area contributed by atoms with E-state index in [1.54, 1.807) is 6.92 Å². The molecule has 0 aliphatic rings. The van der Waals surface area contributed by atoms with Crippen molar-refractivity contribution >= 4 is 6.29 Å². The molecule has 0 radical (unpaired) electrons. The van der Waals surface area contributed by atoms with Crippen LogP contribution >= 0.6 is 0 Å². The first-order valence-electron chi connectivity index (χ1n) is 3.14. The molecule has 5 heteroatoms. The zero-order valence-corrected chi connectivity index (χ0v) is 6.02. The standard InChI is InChI=1S/C6H7N3O2/c1-2-11-6-8-5(4-10)3-7-9-6/h3-4H,2H2,1H3. The summed E-state index contributed by atoms with van der Waals surface area (Å²) in [5.74, 6) is 0. The molecule has 1 aromatic heterocycles. The van der Waals surface area contributed by atoms with Gasteiger partial charge in [0, 0.05) is 0 Å². The summed E-state index contributed by atoms with van der Waals surface area (Å²) in [7, 11) is 0. The van der Waals surface area contributed by atoms with E-state index in [0.717, 1.165) is 0 Å². The van der Waals surface area contributed by atoms with E-state index < -0.39 is 0 Å². The van der Waals surface area contributed by atoms with Gasteiger partial charge in [-0.1, -0.05) is 5.10 Å². The summed E-state index contributed by atoms with van der Waals surface area (Å²) >= 11 is 0. The topological polar surface area (TPSA) is 65.0 Å². The Labute approximate surface area is 63.4 Å². The fraction of sp³-hybridized carbons (Fsp3) is 0.333. The van der Waals surface area contributed by atoms with E-state index in [1.165, 1.54) is 6.20 Å². The number of aromatic nitrogens is 3. The Bertz CT molecular complexity index is 251. The first-order chi connectivity index (χ1) is 5.36. The first kappa shape index (κ1) is 7.59. The molecule has 0 atom stereocenters. The van der Waals surface area contributed by atoms with Crippen LogP contribution in [0.1, 0.15) is 17.4 Å². The minimum absolute atomic E-state index is 0.136. The molecule has 11 heavy (non-hydrogen) atoms. The van der Waals surface area contributed by atoms with Crippen molar-refractivity contribution in [3.05, 3.63) is 11.9 Å². The predicted molar refractivity (Wildman–Crippen MR) is 36.4 cm³/mol. The van der Waals surface area contributed by atoms with Gasteiger partial charge in [0.15, 0.2) is 6.29 Å². The normalized spacial score (nSPS) is 9.18. The highest BCUT2D eigenvalue weighted by atomic mass is 16.5. The van der Waals surface area contributed by atoms with Crippen LogP contribution in [0.2, 0.25) is 0 Å². The number of ether oxygens (including phenoxy) is 1. The second-order valence-corrected chi connectivity index (χ2v) is 1.71. The second-order valence-electron chi connectivity index (χ2n) is 1.71.